The predicted molar refractivity (Wildman–Crippen MR) is 289 cm³/mol. The van der Waals surface area contributed by atoms with Crippen molar-refractivity contribution in [1.82, 2.24) is 19.9 Å². The van der Waals surface area contributed by atoms with Gasteiger partial charge in [-0.25, -0.2) is 19.9 Å². The van der Waals surface area contributed by atoms with Crippen molar-refractivity contribution >= 4 is 90.6 Å². The fraction of sp³-hybridized carbons (Fsp3) is 0.179. The SMILES string of the molecule is C=CC(=O)Cl.C=CC(=O)Nc1cccc(-c2c(C)ccc3cnc(Nc4ccc(N5CCOCC5)cc4)nc23)c1.Cc1ccc2cnc(Nc3ccc(N4CCOCC4)cc3)nc2c1-c1cccc(N)c1. The number of benzene rings is 6. The fourth-order valence-electron chi connectivity index (χ4n) is 8.30. The lowest BCUT2D eigenvalue weighted by Gasteiger charge is -2.28. The van der Waals surface area contributed by atoms with Crippen molar-refractivity contribution < 1.29 is 19.1 Å². The quantitative estimate of drug-likeness (QED) is 0.0548. The summed E-state index contributed by atoms with van der Waals surface area (Å²) in [6.07, 6.45) is 6.00. The lowest BCUT2D eigenvalue weighted by atomic mass is 9.97. The van der Waals surface area contributed by atoms with E-state index in [9.17, 15) is 9.59 Å². The summed E-state index contributed by atoms with van der Waals surface area (Å²) >= 11 is 4.71. The minimum Gasteiger partial charge on any atom is -0.399 e. The van der Waals surface area contributed by atoms with E-state index in [-0.39, 0.29) is 5.91 Å². The number of nitrogens with zero attached hydrogens (tertiary/aromatic N) is 6. The second-order valence-corrected chi connectivity index (χ2v) is 17.1. The lowest BCUT2D eigenvalue weighted by molar-refractivity contribution is -0.112. The number of nitrogen functional groups attached to an aromatic ring is 1. The van der Waals surface area contributed by atoms with Crippen LogP contribution in [0.1, 0.15) is 11.1 Å². The zero-order chi connectivity index (χ0) is 49.7. The summed E-state index contributed by atoms with van der Waals surface area (Å²) in [6.45, 7) is 17.5. The standard InChI is InChI=1S/C28H27N5O2.C25H25N5O.C3H3ClO/c1-3-25(34)30-23-6-4-5-20(17-23)26-19(2)7-8-21-18-29-28(32-27(21)26)31-22-9-11-24(12-10-22)33-13-15-35-16-14-33;1-17-5-6-19-16-27-25(29-24(19)23(17)18-3-2-4-20(26)15-18)28-21-7-9-22(10-8-21)30-11-13-31-14-12-30;1-2-3(4)5/h3-12,17-18H,1,13-16H2,2H3,(H,30,34)(H,29,31,32);2-10,15-16H,11-14,26H2,1H3,(H,27,28,29);2H,1H2. The number of halogens is 1. The van der Waals surface area contributed by atoms with E-state index in [0.29, 0.717) is 17.6 Å². The molecule has 6 aromatic carbocycles. The first-order chi connectivity index (χ1) is 34.5. The summed E-state index contributed by atoms with van der Waals surface area (Å²) in [6, 6.07) is 40.6. The van der Waals surface area contributed by atoms with Crippen LogP contribution in [-0.2, 0) is 19.1 Å². The lowest BCUT2D eigenvalue weighted by Crippen LogP contribution is -2.36. The Bertz CT molecular complexity index is 3170. The van der Waals surface area contributed by atoms with Crippen LogP contribution < -0.4 is 31.5 Å². The number of ether oxygens (including phenoxy) is 2. The molecule has 2 fully saturated rings. The highest BCUT2D eigenvalue weighted by Crippen LogP contribution is 2.35. The van der Waals surface area contributed by atoms with Crippen molar-refractivity contribution in [2.45, 2.75) is 13.8 Å². The molecule has 0 unspecified atom stereocenters. The molecule has 15 heteroatoms. The van der Waals surface area contributed by atoms with Crippen LogP contribution in [0, 0.1) is 13.8 Å². The number of allylic oxidation sites excluding steroid dienone is 1. The van der Waals surface area contributed by atoms with Crippen LogP contribution in [0.2, 0.25) is 0 Å². The molecule has 4 heterocycles. The molecular formula is C56H55ClN10O4. The number of hydrogen-bond donors (Lipinski definition) is 4. The van der Waals surface area contributed by atoms with Crippen LogP contribution in [0.25, 0.3) is 44.1 Å². The zero-order valence-electron chi connectivity index (χ0n) is 39.7. The molecule has 1 amide bonds. The van der Waals surface area contributed by atoms with Gasteiger partial charge >= 0.3 is 0 Å². The maximum Gasteiger partial charge on any atom is 0.247 e. The number of fused-ring (bicyclic) bond motifs is 2. The van der Waals surface area contributed by atoms with Crippen molar-refractivity contribution in [2.24, 2.45) is 0 Å². The summed E-state index contributed by atoms with van der Waals surface area (Å²) in [5.74, 6) is 0.854. The summed E-state index contributed by atoms with van der Waals surface area (Å²) in [5.41, 5.74) is 19.8. The van der Waals surface area contributed by atoms with E-state index in [1.165, 1.54) is 17.5 Å². The molecule has 14 nitrogen and oxygen atoms in total. The van der Waals surface area contributed by atoms with Gasteiger partial charge in [-0.3, -0.25) is 9.59 Å². The minimum atomic E-state index is -0.509. The average Bonchev–Trinajstić information content (AvgIpc) is 3.40. The molecule has 0 aliphatic carbocycles. The predicted octanol–water partition coefficient (Wildman–Crippen LogP) is 11.0. The highest BCUT2D eigenvalue weighted by molar-refractivity contribution is 6.66. The summed E-state index contributed by atoms with van der Waals surface area (Å²) in [7, 11) is 0. The Kier molecular flexibility index (Phi) is 16.3. The Morgan fingerprint density at radius 3 is 1.49 bits per heavy atom. The number of morpholine rings is 2. The molecule has 2 saturated heterocycles. The Balaban J connectivity index is 0.000000175. The van der Waals surface area contributed by atoms with E-state index in [4.69, 9.17) is 36.8 Å². The third-order valence-corrected chi connectivity index (χ3v) is 12.0. The van der Waals surface area contributed by atoms with Gasteiger partial charge in [-0.1, -0.05) is 61.7 Å². The second kappa shape index (κ2) is 23.4. The van der Waals surface area contributed by atoms with E-state index in [0.717, 1.165) is 131 Å². The first kappa shape index (κ1) is 49.3. The van der Waals surface area contributed by atoms with Gasteiger partial charge in [-0.05, 0) is 133 Å². The molecule has 360 valence electrons. The number of anilines is 8. The molecular weight excluding hydrogens is 912 g/mol. The highest BCUT2D eigenvalue weighted by atomic mass is 35.5. The van der Waals surface area contributed by atoms with Gasteiger partial charge in [0.15, 0.2) is 0 Å². The molecule has 10 rings (SSSR count). The number of amides is 1. The van der Waals surface area contributed by atoms with Crippen molar-refractivity contribution in [3.05, 3.63) is 170 Å². The Morgan fingerprint density at radius 2 is 1.06 bits per heavy atom. The normalized spacial score (nSPS) is 13.2. The van der Waals surface area contributed by atoms with Gasteiger partial charge < -0.3 is 41.0 Å². The summed E-state index contributed by atoms with van der Waals surface area (Å²) in [4.78, 5) is 44.7. The van der Waals surface area contributed by atoms with Crippen molar-refractivity contribution in [3.63, 3.8) is 0 Å². The zero-order valence-corrected chi connectivity index (χ0v) is 40.5. The van der Waals surface area contributed by atoms with Crippen LogP contribution in [0.3, 0.4) is 0 Å². The smallest absolute Gasteiger partial charge is 0.247 e. The van der Waals surface area contributed by atoms with Crippen LogP contribution in [-0.4, -0.2) is 83.7 Å². The van der Waals surface area contributed by atoms with Crippen LogP contribution in [0.5, 0.6) is 0 Å². The number of nitrogens with one attached hydrogen (secondary N) is 3. The maximum atomic E-state index is 11.8. The molecule has 0 atom stereocenters. The molecule has 2 aliphatic heterocycles. The molecule has 71 heavy (non-hydrogen) atoms. The molecule has 0 bridgehead atoms. The van der Waals surface area contributed by atoms with Crippen LogP contribution in [0.4, 0.5) is 46.0 Å². The molecule has 8 aromatic rings. The molecule has 2 aromatic heterocycles. The number of rotatable bonds is 11. The Labute approximate surface area is 418 Å². The van der Waals surface area contributed by atoms with E-state index >= 15 is 0 Å². The third-order valence-electron chi connectivity index (χ3n) is 11.9. The van der Waals surface area contributed by atoms with Crippen LogP contribution >= 0.6 is 11.6 Å². The average molecular weight is 968 g/mol. The Morgan fingerprint density at radius 1 is 0.606 bits per heavy atom. The largest absolute Gasteiger partial charge is 0.399 e. The first-order valence-electron chi connectivity index (χ1n) is 23.2. The summed E-state index contributed by atoms with van der Waals surface area (Å²) < 4.78 is 10.9. The highest BCUT2D eigenvalue weighted by Gasteiger charge is 2.16. The van der Waals surface area contributed by atoms with E-state index in [1.807, 2.05) is 73.1 Å². The van der Waals surface area contributed by atoms with E-state index in [1.54, 1.807) is 0 Å². The van der Waals surface area contributed by atoms with Gasteiger partial charge in [0, 0.05) is 94.6 Å². The van der Waals surface area contributed by atoms with Gasteiger partial charge in [0.1, 0.15) is 0 Å². The molecule has 0 spiro atoms. The molecule has 2 aliphatic rings. The molecule has 0 radical (unpaired) electrons. The number of hydrogen-bond acceptors (Lipinski definition) is 13. The maximum absolute atomic E-state index is 11.8. The molecule has 0 saturated carbocycles. The number of aromatic nitrogens is 4. The number of carbonyl (C=O) groups excluding carboxylic acids is 2. The Hall–Kier alpha value is -8.17. The van der Waals surface area contributed by atoms with E-state index < -0.39 is 5.24 Å². The topological polar surface area (TPSA) is 173 Å². The number of aryl methyl sites for hydroxylation is 2. The van der Waals surface area contributed by atoms with Gasteiger partial charge in [-0.15, -0.1) is 0 Å². The third kappa shape index (κ3) is 12.7. The first-order valence-corrected chi connectivity index (χ1v) is 23.6. The van der Waals surface area contributed by atoms with Crippen molar-refractivity contribution in [1.29, 1.82) is 0 Å². The van der Waals surface area contributed by atoms with Gasteiger partial charge in [-0.2, -0.15) is 0 Å². The number of nitrogens with two attached hydrogens (primary N) is 1. The van der Waals surface area contributed by atoms with Crippen LogP contribution in [0.15, 0.2) is 159 Å². The van der Waals surface area contributed by atoms with E-state index in [2.05, 4.69) is 123 Å². The van der Waals surface area contributed by atoms with Gasteiger partial charge in [0.2, 0.25) is 23.0 Å². The van der Waals surface area contributed by atoms with Crippen molar-refractivity contribution in [2.75, 3.05) is 84.1 Å². The minimum absolute atomic E-state index is 0.245. The number of carbonyl (C=O) groups is 2. The fourth-order valence-corrected chi connectivity index (χ4v) is 8.30. The second-order valence-electron chi connectivity index (χ2n) is 16.7. The van der Waals surface area contributed by atoms with Gasteiger partial charge in [0.25, 0.3) is 0 Å². The van der Waals surface area contributed by atoms with Gasteiger partial charge in [0.05, 0.1) is 37.5 Å². The van der Waals surface area contributed by atoms with Crippen molar-refractivity contribution in [3.8, 4) is 22.3 Å². The monoisotopic (exact) mass is 966 g/mol. The molecule has 5 N–H and O–H groups in total. The summed E-state index contributed by atoms with van der Waals surface area (Å²) in [5, 5.41) is 10.9.